The maximum atomic E-state index is 12.1. The number of hydrogen-bond acceptors (Lipinski definition) is 4. The Bertz CT molecular complexity index is 640. The van der Waals surface area contributed by atoms with E-state index < -0.39 is 17.9 Å². The van der Waals surface area contributed by atoms with Crippen molar-refractivity contribution in [3.05, 3.63) is 65.7 Å². The lowest BCUT2D eigenvalue weighted by Crippen LogP contribution is -2.40. The van der Waals surface area contributed by atoms with Crippen LogP contribution in [-0.2, 0) is 0 Å². The summed E-state index contributed by atoms with van der Waals surface area (Å²) in [7, 11) is 1.44. The molecule has 0 spiro atoms. The molecule has 5 heteroatoms. The van der Waals surface area contributed by atoms with Crippen molar-refractivity contribution >= 4 is 11.7 Å². The Balaban J connectivity index is 2.11. The molecule has 0 bridgehead atoms. The fourth-order valence-corrected chi connectivity index (χ4v) is 1.86. The van der Waals surface area contributed by atoms with Crippen molar-refractivity contribution in [3.63, 3.8) is 0 Å². The van der Waals surface area contributed by atoms with E-state index in [1.165, 1.54) is 7.11 Å². The summed E-state index contributed by atoms with van der Waals surface area (Å²) in [6, 6.07) is 14.8. The molecule has 0 radical (unpaired) electrons. The van der Waals surface area contributed by atoms with Crippen LogP contribution in [0.2, 0.25) is 0 Å². The number of para-hydroxylation sites is 1. The van der Waals surface area contributed by atoms with E-state index in [4.69, 9.17) is 4.74 Å². The molecule has 0 aromatic heterocycles. The second-order valence-electron chi connectivity index (χ2n) is 4.31. The summed E-state index contributed by atoms with van der Waals surface area (Å²) in [6.07, 6.45) is -1.61. The number of benzene rings is 2. The van der Waals surface area contributed by atoms with Crippen LogP contribution in [0.5, 0.6) is 5.75 Å². The highest BCUT2D eigenvalue weighted by molar-refractivity contribution is 6.04. The summed E-state index contributed by atoms with van der Waals surface area (Å²) in [5, 5.41) is 12.1. The van der Waals surface area contributed by atoms with Gasteiger partial charge in [-0.3, -0.25) is 9.59 Å². The molecule has 0 heterocycles. The number of carbonyl (C=O) groups is 2. The molecular weight excluding hydrogens is 270 g/mol. The first-order valence-corrected chi connectivity index (χ1v) is 6.34. The predicted molar refractivity (Wildman–Crippen MR) is 77.2 cm³/mol. The highest BCUT2D eigenvalue weighted by Crippen LogP contribution is 2.17. The minimum Gasteiger partial charge on any atom is -0.496 e. The van der Waals surface area contributed by atoms with Gasteiger partial charge in [0.1, 0.15) is 5.75 Å². The number of aliphatic hydroxyl groups excluding tert-OH is 1. The van der Waals surface area contributed by atoms with Crippen molar-refractivity contribution in [1.82, 2.24) is 5.32 Å². The van der Waals surface area contributed by atoms with Crippen molar-refractivity contribution in [2.45, 2.75) is 6.23 Å². The number of methoxy groups -OCH3 is 1. The minimum atomic E-state index is -1.61. The van der Waals surface area contributed by atoms with Gasteiger partial charge in [-0.1, -0.05) is 42.5 Å². The number of nitrogens with one attached hydrogen (secondary N) is 1. The van der Waals surface area contributed by atoms with Crippen molar-refractivity contribution in [3.8, 4) is 5.75 Å². The van der Waals surface area contributed by atoms with Crippen LogP contribution in [0.15, 0.2) is 54.6 Å². The molecule has 0 unspecified atom stereocenters. The maximum absolute atomic E-state index is 12.1. The number of Topliss-reactive ketones (excluding diaryl/α,β-unsaturated/α-hetero) is 1. The van der Waals surface area contributed by atoms with Crippen LogP contribution < -0.4 is 10.1 Å². The Morgan fingerprint density at radius 2 is 1.67 bits per heavy atom. The Labute approximate surface area is 122 Å². The first-order chi connectivity index (χ1) is 10.1. The van der Waals surface area contributed by atoms with Gasteiger partial charge < -0.3 is 15.2 Å². The van der Waals surface area contributed by atoms with E-state index in [1.54, 1.807) is 54.6 Å². The first-order valence-electron chi connectivity index (χ1n) is 6.34. The molecule has 5 nitrogen and oxygen atoms in total. The lowest BCUT2D eigenvalue weighted by molar-refractivity contribution is 0.0606. The summed E-state index contributed by atoms with van der Waals surface area (Å²) in [5.41, 5.74) is 0.574. The van der Waals surface area contributed by atoms with E-state index in [9.17, 15) is 14.7 Å². The standard InChI is InChI=1S/C16H15NO4/c1-21-13-10-6-5-9-12(13)15(19)17-16(20)14(18)11-7-3-2-4-8-11/h2-10,16,20H,1H3,(H,17,19)/t16-/m1/s1. The molecule has 2 aromatic rings. The number of carbonyl (C=O) groups excluding carboxylic acids is 2. The van der Waals surface area contributed by atoms with Gasteiger partial charge in [0.05, 0.1) is 12.7 Å². The monoisotopic (exact) mass is 285 g/mol. The van der Waals surface area contributed by atoms with Gasteiger partial charge in [-0.05, 0) is 12.1 Å². The molecule has 2 rings (SSSR count). The fraction of sp³-hybridized carbons (Fsp3) is 0.125. The van der Waals surface area contributed by atoms with Gasteiger partial charge in [0.2, 0.25) is 5.78 Å². The SMILES string of the molecule is COc1ccccc1C(=O)N[C@H](O)C(=O)c1ccccc1. The van der Waals surface area contributed by atoms with E-state index in [0.717, 1.165) is 0 Å². The van der Waals surface area contributed by atoms with Crippen LogP contribution in [0, 0.1) is 0 Å². The molecule has 108 valence electrons. The highest BCUT2D eigenvalue weighted by atomic mass is 16.5. The van der Waals surface area contributed by atoms with Gasteiger partial charge in [-0.15, -0.1) is 0 Å². The summed E-state index contributed by atoms with van der Waals surface area (Å²) in [6.45, 7) is 0. The third-order valence-electron chi connectivity index (χ3n) is 2.93. The first kappa shape index (κ1) is 14.7. The molecule has 2 aromatic carbocycles. The second kappa shape index (κ2) is 6.67. The number of ketones is 1. The number of ether oxygens (including phenoxy) is 1. The Morgan fingerprint density at radius 1 is 1.05 bits per heavy atom. The normalized spacial score (nSPS) is 11.5. The lowest BCUT2D eigenvalue weighted by atomic mass is 10.1. The highest BCUT2D eigenvalue weighted by Gasteiger charge is 2.21. The molecule has 0 aliphatic carbocycles. The van der Waals surface area contributed by atoms with Gasteiger partial charge >= 0.3 is 0 Å². The molecule has 2 N–H and O–H groups in total. The van der Waals surface area contributed by atoms with E-state index in [2.05, 4.69) is 5.32 Å². The van der Waals surface area contributed by atoms with Gasteiger partial charge in [0.15, 0.2) is 6.23 Å². The van der Waals surface area contributed by atoms with E-state index in [1.807, 2.05) is 0 Å². The van der Waals surface area contributed by atoms with Crippen LogP contribution in [0.25, 0.3) is 0 Å². The lowest BCUT2D eigenvalue weighted by Gasteiger charge is -2.13. The van der Waals surface area contributed by atoms with Crippen LogP contribution in [0.4, 0.5) is 0 Å². The number of rotatable bonds is 5. The summed E-state index contributed by atoms with van der Waals surface area (Å²) >= 11 is 0. The maximum Gasteiger partial charge on any atom is 0.257 e. The summed E-state index contributed by atoms with van der Waals surface area (Å²) in [5.74, 6) is -0.780. The zero-order valence-electron chi connectivity index (χ0n) is 11.4. The topological polar surface area (TPSA) is 75.6 Å². The van der Waals surface area contributed by atoms with Crippen LogP contribution in [-0.4, -0.2) is 30.1 Å². The quantitative estimate of drug-likeness (QED) is 0.646. The molecule has 0 saturated heterocycles. The molecule has 1 amide bonds. The molecule has 0 aliphatic heterocycles. The van der Waals surface area contributed by atoms with Crippen LogP contribution in [0.3, 0.4) is 0 Å². The summed E-state index contributed by atoms with van der Waals surface area (Å²) in [4.78, 5) is 24.0. The predicted octanol–water partition coefficient (Wildman–Crippen LogP) is 1.63. The van der Waals surface area contributed by atoms with Gasteiger partial charge in [-0.2, -0.15) is 0 Å². The van der Waals surface area contributed by atoms with Crippen LogP contribution in [0.1, 0.15) is 20.7 Å². The average molecular weight is 285 g/mol. The second-order valence-corrected chi connectivity index (χ2v) is 4.31. The van der Waals surface area contributed by atoms with Crippen LogP contribution >= 0.6 is 0 Å². The number of amides is 1. The fourth-order valence-electron chi connectivity index (χ4n) is 1.86. The Morgan fingerprint density at radius 3 is 2.33 bits per heavy atom. The number of hydrogen-bond donors (Lipinski definition) is 2. The largest absolute Gasteiger partial charge is 0.496 e. The number of aliphatic hydroxyl groups is 1. The average Bonchev–Trinajstić information content (AvgIpc) is 2.54. The molecule has 1 atom stereocenters. The van der Waals surface area contributed by atoms with E-state index in [-0.39, 0.29) is 5.56 Å². The van der Waals surface area contributed by atoms with Crippen molar-refractivity contribution in [2.75, 3.05) is 7.11 Å². The van der Waals surface area contributed by atoms with Gasteiger partial charge in [0.25, 0.3) is 5.91 Å². The molecule has 0 fully saturated rings. The Hall–Kier alpha value is -2.66. The van der Waals surface area contributed by atoms with E-state index in [0.29, 0.717) is 11.3 Å². The third-order valence-corrected chi connectivity index (χ3v) is 2.93. The van der Waals surface area contributed by atoms with Gasteiger partial charge in [0, 0.05) is 5.56 Å². The zero-order chi connectivity index (χ0) is 15.2. The molecule has 21 heavy (non-hydrogen) atoms. The minimum absolute atomic E-state index is 0.250. The van der Waals surface area contributed by atoms with Crippen molar-refractivity contribution in [1.29, 1.82) is 0 Å². The molecular formula is C16H15NO4. The third kappa shape index (κ3) is 3.46. The van der Waals surface area contributed by atoms with Gasteiger partial charge in [-0.25, -0.2) is 0 Å². The summed E-state index contributed by atoms with van der Waals surface area (Å²) < 4.78 is 5.07. The Kier molecular flexibility index (Phi) is 4.68. The smallest absolute Gasteiger partial charge is 0.257 e. The van der Waals surface area contributed by atoms with E-state index >= 15 is 0 Å². The molecule has 0 saturated carbocycles. The van der Waals surface area contributed by atoms with Crippen molar-refractivity contribution < 1.29 is 19.4 Å². The van der Waals surface area contributed by atoms with Crippen molar-refractivity contribution in [2.24, 2.45) is 0 Å². The molecule has 0 aliphatic rings. The zero-order valence-corrected chi connectivity index (χ0v) is 11.4.